The molecule has 6 heteroatoms. The third kappa shape index (κ3) is 5.08. The van der Waals surface area contributed by atoms with Gasteiger partial charge in [0.25, 0.3) is 0 Å². The first-order chi connectivity index (χ1) is 8.91. The van der Waals surface area contributed by atoms with Gasteiger partial charge in [0.05, 0.1) is 6.61 Å². The molecule has 106 valence electrons. The summed E-state index contributed by atoms with van der Waals surface area (Å²) in [6.45, 7) is 5.39. The number of hydrogen-bond acceptors (Lipinski definition) is 3. The minimum absolute atomic E-state index is 0.0374. The zero-order valence-corrected chi connectivity index (χ0v) is 11.8. The van der Waals surface area contributed by atoms with Crippen LogP contribution >= 0.6 is 12.2 Å². The first kappa shape index (κ1) is 15.8. The van der Waals surface area contributed by atoms with E-state index in [2.05, 4.69) is 17.5 Å². The second-order valence-electron chi connectivity index (χ2n) is 4.57. The lowest BCUT2D eigenvalue weighted by molar-refractivity contribution is 0.118. The highest BCUT2D eigenvalue weighted by Gasteiger charge is 2.11. The van der Waals surface area contributed by atoms with Gasteiger partial charge in [-0.05, 0) is 18.1 Å². The Morgan fingerprint density at radius 3 is 2.42 bits per heavy atom. The summed E-state index contributed by atoms with van der Waals surface area (Å²) >= 11 is 4.67. The molecule has 1 aromatic rings. The molecule has 3 N–H and O–H groups in total. The number of nitrogens with two attached hydrogens (primary N) is 1. The van der Waals surface area contributed by atoms with Gasteiger partial charge in [-0.1, -0.05) is 26.1 Å². The summed E-state index contributed by atoms with van der Waals surface area (Å²) in [6.07, 6.45) is 0. The van der Waals surface area contributed by atoms with Crippen molar-refractivity contribution in [2.45, 2.75) is 13.8 Å². The van der Waals surface area contributed by atoms with Gasteiger partial charge in [0.2, 0.25) is 0 Å². The van der Waals surface area contributed by atoms with Gasteiger partial charge in [0.15, 0.2) is 0 Å². The van der Waals surface area contributed by atoms with Crippen molar-refractivity contribution < 1.29 is 13.5 Å². The maximum atomic E-state index is 13.7. The molecule has 0 aliphatic carbocycles. The Bertz CT molecular complexity index is 429. The number of rotatable bonds is 7. The lowest BCUT2D eigenvalue weighted by Crippen LogP contribution is -2.15. The first-order valence-electron chi connectivity index (χ1n) is 6.02. The summed E-state index contributed by atoms with van der Waals surface area (Å²) in [5.74, 6) is -1.00. The van der Waals surface area contributed by atoms with Crippen LogP contribution in [0.3, 0.4) is 0 Å². The van der Waals surface area contributed by atoms with E-state index in [1.165, 1.54) is 0 Å². The van der Waals surface area contributed by atoms with Crippen molar-refractivity contribution in [3.8, 4) is 0 Å². The Morgan fingerprint density at radius 2 is 1.95 bits per heavy atom. The SMILES string of the molecule is CC(C)COCCNc1c(F)cc(C(N)=S)cc1F. The highest BCUT2D eigenvalue weighted by atomic mass is 32.1. The minimum Gasteiger partial charge on any atom is -0.389 e. The summed E-state index contributed by atoms with van der Waals surface area (Å²) in [7, 11) is 0. The average molecular weight is 288 g/mol. The molecular weight excluding hydrogens is 270 g/mol. The number of ether oxygens (including phenoxy) is 1. The molecule has 0 fully saturated rings. The Morgan fingerprint density at radius 1 is 1.37 bits per heavy atom. The average Bonchev–Trinajstić information content (AvgIpc) is 2.30. The van der Waals surface area contributed by atoms with Gasteiger partial charge in [-0.15, -0.1) is 0 Å². The van der Waals surface area contributed by atoms with Crippen LogP contribution in [0.15, 0.2) is 12.1 Å². The number of halogens is 2. The van der Waals surface area contributed by atoms with Crippen LogP contribution in [0.1, 0.15) is 19.4 Å². The summed E-state index contributed by atoms with van der Waals surface area (Å²) in [5.41, 5.74) is 5.31. The van der Waals surface area contributed by atoms with E-state index in [0.717, 1.165) is 12.1 Å². The molecule has 0 amide bonds. The number of anilines is 1. The summed E-state index contributed by atoms with van der Waals surface area (Å²) in [6, 6.07) is 2.23. The highest BCUT2D eigenvalue weighted by molar-refractivity contribution is 7.80. The largest absolute Gasteiger partial charge is 0.389 e. The minimum atomic E-state index is -0.716. The molecule has 0 aliphatic heterocycles. The Balaban J connectivity index is 2.57. The lowest BCUT2D eigenvalue weighted by atomic mass is 10.2. The molecule has 1 aromatic carbocycles. The van der Waals surface area contributed by atoms with E-state index in [1.54, 1.807) is 0 Å². The van der Waals surface area contributed by atoms with Crippen molar-refractivity contribution in [2.75, 3.05) is 25.1 Å². The van der Waals surface area contributed by atoms with E-state index >= 15 is 0 Å². The van der Waals surface area contributed by atoms with E-state index in [1.807, 2.05) is 13.8 Å². The smallest absolute Gasteiger partial charge is 0.150 e. The molecular formula is C13H18F2N2OS. The number of nitrogens with one attached hydrogen (secondary N) is 1. The molecule has 0 aliphatic rings. The maximum absolute atomic E-state index is 13.7. The molecule has 0 bridgehead atoms. The van der Waals surface area contributed by atoms with E-state index in [0.29, 0.717) is 25.7 Å². The van der Waals surface area contributed by atoms with Crippen LogP contribution in [0.4, 0.5) is 14.5 Å². The van der Waals surface area contributed by atoms with Crippen LogP contribution in [-0.4, -0.2) is 24.7 Å². The number of thiocarbonyl (C=S) groups is 1. The maximum Gasteiger partial charge on any atom is 0.150 e. The fraction of sp³-hybridized carbons (Fsp3) is 0.462. The lowest BCUT2D eigenvalue weighted by Gasteiger charge is -2.11. The predicted molar refractivity (Wildman–Crippen MR) is 76.4 cm³/mol. The number of hydrogen-bond donors (Lipinski definition) is 2. The molecule has 0 saturated heterocycles. The monoisotopic (exact) mass is 288 g/mol. The number of benzene rings is 1. The van der Waals surface area contributed by atoms with E-state index < -0.39 is 11.6 Å². The molecule has 0 atom stereocenters. The van der Waals surface area contributed by atoms with Crippen LogP contribution in [0.25, 0.3) is 0 Å². The van der Waals surface area contributed by atoms with Crippen LogP contribution in [0.2, 0.25) is 0 Å². The quantitative estimate of drug-likeness (QED) is 0.598. The van der Waals surface area contributed by atoms with Crippen LogP contribution < -0.4 is 11.1 Å². The molecule has 0 aromatic heterocycles. The normalized spacial score (nSPS) is 10.8. The van der Waals surface area contributed by atoms with Crippen molar-refractivity contribution in [1.29, 1.82) is 0 Å². The Labute approximate surface area is 117 Å². The summed E-state index contributed by atoms with van der Waals surface area (Å²) < 4.78 is 32.6. The van der Waals surface area contributed by atoms with E-state index in [9.17, 15) is 8.78 Å². The van der Waals surface area contributed by atoms with Crippen molar-refractivity contribution in [2.24, 2.45) is 11.7 Å². The van der Waals surface area contributed by atoms with Gasteiger partial charge in [0.1, 0.15) is 22.3 Å². The van der Waals surface area contributed by atoms with Gasteiger partial charge in [-0.2, -0.15) is 0 Å². The molecule has 0 spiro atoms. The van der Waals surface area contributed by atoms with Crippen LogP contribution in [-0.2, 0) is 4.74 Å². The Kier molecular flexibility index (Phi) is 6.11. The summed E-state index contributed by atoms with van der Waals surface area (Å²) in [4.78, 5) is -0.0374. The fourth-order valence-corrected chi connectivity index (χ4v) is 1.57. The van der Waals surface area contributed by atoms with Gasteiger partial charge < -0.3 is 15.8 Å². The highest BCUT2D eigenvalue weighted by Crippen LogP contribution is 2.20. The fourth-order valence-electron chi connectivity index (χ4n) is 1.45. The van der Waals surface area contributed by atoms with Crippen molar-refractivity contribution >= 4 is 22.9 Å². The second-order valence-corrected chi connectivity index (χ2v) is 5.01. The zero-order valence-electron chi connectivity index (χ0n) is 11.0. The van der Waals surface area contributed by atoms with E-state index in [-0.39, 0.29) is 16.2 Å². The molecule has 0 heterocycles. The molecule has 3 nitrogen and oxygen atoms in total. The molecule has 19 heavy (non-hydrogen) atoms. The van der Waals surface area contributed by atoms with Crippen molar-refractivity contribution in [3.63, 3.8) is 0 Å². The van der Waals surface area contributed by atoms with Gasteiger partial charge >= 0.3 is 0 Å². The third-order valence-electron chi connectivity index (χ3n) is 2.33. The second kappa shape index (κ2) is 7.35. The topological polar surface area (TPSA) is 47.3 Å². The molecule has 1 rings (SSSR count). The molecule has 0 saturated carbocycles. The Hall–Kier alpha value is -1.27. The van der Waals surface area contributed by atoms with Gasteiger partial charge in [0, 0.05) is 18.7 Å². The third-order valence-corrected chi connectivity index (χ3v) is 2.56. The van der Waals surface area contributed by atoms with Crippen molar-refractivity contribution in [3.05, 3.63) is 29.3 Å². The van der Waals surface area contributed by atoms with Crippen molar-refractivity contribution in [1.82, 2.24) is 0 Å². The van der Waals surface area contributed by atoms with E-state index in [4.69, 9.17) is 10.5 Å². The predicted octanol–water partition coefficient (Wildman–Crippen LogP) is 2.68. The summed E-state index contributed by atoms with van der Waals surface area (Å²) in [5, 5.41) is 2.66. The zero-order chi connectivity index (χ0) is 14.4. The van der Waals surface area contributed by atoms with Crippen LogP contribution in [0.5, 0.6) is 0 Å². The van der Waals surface area contributed by atoms with Crippen LogP contribution in [0, 0.1) is 17.6 Å². The molecule has 0 unspecified atom stereocenters. The molecule has 0 radical (unpaired) electrons. The van der Waals surface area contributed by atoms with Gasteiger partial charge in [-0.25, -0.2) is 8.78 Å². The standard InChI is InChI=1S/C13H18F2N2OS/c1-8(2)7-18-4-3-17-12-10(14)5-9(13(16)19)6-11(12)15/h5-6,8,17H,3-4,7H2,1-2H3,(H2,16,19). The van der Waals surface area contributed by atoms with Gasteiger partial charge in [-0.3, -0.25) is 0 Å². The first-order valence-corrected chi connectivity index (χ1v) is 6.43.